The van der Waals surface area contributed by atoms with Crippen LogP contribution in [0.5, 0.6) is 0 Å². The SMILES string of the molecule is CSC(C)C1(Br)C=C(S(=O)C(F)(F)C(F)(F)C(F)(F)F)C=C(Br)C1. The zero-order chi connectivity index (χ0) is 19.1. The van der Waals surface area contributed by atoms with E-state index in [1.54, 1.807) is 13.2 Å². The molecular formula is C12H11Br2F7OS2. The number of hydrogen-bond acceptors (Lipinski definition) is 2. The summed E-state index contributed by atoms with van der Waals surface area (Å²) in [5.74, 6) is -6.43. The van der Waals surface area contributed by atoms with E-state index in [0.717, 1.165) is 12.2 Å². The fourth-order valence-corrected chi connectivity index (χ4v) is 6.04. The van der Waals surface area contributed by atoms with Crippen molar-refractivity contribution in [3.05, 3.63) is 21.5 Å². The summed E-state index contributed by atoms with van der Waals surface area (Å²) in [5.41, 5.74) is 0. The number of allylic oxidation sites excluding steroid dienone is 3. The minimum Gasteiger partial charge on any atom is -0.248 e. The van der Waals surface area contributed by atoms with E-state index in [2.05, 4.69) is 31.9 Å². The van der Waals surface area contributed by atoms with Crippen LogP contribution >= 0.6 is 43.6 Å². The predicted molar refractivity (Wildman–Crippen MR) is 88.4 cm³/mol. The Morgan fingerprint density at radius 3 is 2.17 bits per heavy atom. The molecule has 0 bridgehead atoms. The number of thioether (sulfide) groups is 1. The van der Waals surface area contributed by atoms with Crippen molar-refractivity contribution in [3.63, 3.8) is 0 Å². The number of hydrogen-bond donors (Lipinski definition) is 0. The molecule has 0 saturated heterocycles. The van der Waals surface area contributed by atoms with Gasteiger partial charge in [-0.3, -0.25) is 0 Å². The topological polar surface area (TPSA) is 17.1 Å². The highest BCUT2D eigenvalue weighted by molar-refractivity contribution is 9.12. The van der Waals surface area contributed by atoms with Crippen LogP contribution in [0.3, 0.4) is 0 Å². The molecule has 0 aromatic carbocycles. The third-order valence-electron chi connectivity index (χ3n) is 3.32. The summed E-state index contributed by atoms with van der Waals surface area (Å²) in [6, 6.07) is 0. The molecule has 0 aromatic heterocycles. The summed E-state index contributed by atoms with van der Waals surface area (Å²) in [7, 11) is -3.91. The van der Waals surface area contributed by atoms with Crippen molar-refractivity contribution >= 4 is 54.4 Å². The van der Waals surface area contributed by atoms with Gasteiger partial charge in [0.15, 0.2) is 0 Å². The van der Waals surface area contributed by atoms with Crippen molar-refractivity contribution in [1.82, 2.24) is 0 Å². The van der Waals surface area contributed by atoms with E-state index in [4.69, 9.17) is 0 Å². The average Bonchev–Trinajstić information content (AvgIpc) is 2.42. The summed E-state index contributed by atoms with van der Waals surface area (Å²) in [5, 5.41) is -6.07. The van der Waals surface area contributed by atoms with Gasteiger partial charge >= 0.3 is 17.4 Å². The van der Waals surface area contributed by atoms with Crippen LogP contribution in [0.1, 0.15) is 13.3 Å². The zero-order valence-corrected chi connectivity index (χ0v) is 16.9. The third-order valence-corrected chi connectivity index (χ3v) is 7.84. The number of halogens is 9. The van der Waals surface area contributed by atoms with Gasteiger partial charge in [0.05, 0.1) is 4.32 Å². The van der Waals surface area contributed by atoms with Crippen molar-refractivity contribution < 1.29 is 34.9 Å². The molecule has 0 saturated carbocycles. The lowest BCUT2D eigenvalue weighted by atomic mass is 9.97. The highest BCUT2D eigenvalue weighted by Gasteiger charge is 2.76. The molecule has 24 heavy (non-hydrogen) atoms. The molecule has 1 nitrogen and oxygen atoms in total. The van der Waals surface area contributed by atoms with Crippen LogP contribution in [-0.2, 0) is 10.8 Å². The van der Waals surface area contributed by atoms with E-state index in [0.29, 0.717) is 0 Å². The van der Waals surface area contributed by atoms with E-state index in [-0.39, 0.29) is 16.2 Å². The van der Waals surface area contributed by atoms with Gasteiger partial charge in [-0.05, 0) is 29.3 Å². The molecule has 0 heterocycles. The fourth-order valence-electron chi connectivity index (χ4n) is 1.79. The molecule has 12 heteroatoms. The summed E-state index contributed by atoms with van der Waals surface area (Å²) in [6.45, 7) is 1.70. The summed E-state index contributed by atoms with van der Waals surface area (Å²) < 4.78 is 101. The van der Waals surface area contributed by atoms with Crippen molar-refractivity contribution in [1.29, 1.82) is 0 Å². The Hall–Kier alpha value is 0.450. The maximum Gasteiger partial charge on any atom is 0.461 e. The molecule has 0 fully saturated rings. The van der Waals surface area contributed by atoms with Gasteiger partial charge in [-0.25, -0.2) is 4.21 Å². The van der Waals surface area contributed by atoms with Crippen molar-refractivity contribution in [3.8, 4) is 0 Å². The highest BCUT2D eigenvalue weighted by atomic mass is 79.9. The van der Waals surface area contributed by atoms with Crippen molar-refractivity contribution in [2.45, 2.75) is 40.3 Å². The molecule has 3 atom stereocenters. The second-order valence-electron chi connectivity index (χ2n) is 4.98. The van der Waals surface area contributed by atoms with Crippen molar-refractivity contribution in [2.75, 3.05) is 6.26 Å². The molecule has 3 unspecified atom stereocenters. The van der Waals surface area contributed by atoms with E-state index >= 15 is 0 Å². The van der Waals surface area contributed by atoms with Gasteiger partial charge < -0.3 is 0 Å². The molecule has 0 amide bonds. The van der Waals surface area contributed by atoms with E-state index in [9.17, 15) is 34.9 Å². The molecule has 0 spiro atoms. The van der Waals surface area contributed by atoms with Gasteiger partial charge in [-0.2, -0.15) is 42.5 Å². The first-order valence-electron chi connectivity index (χ1n) is 6.15. The Morgan fingerprint density at radius 2 is 1.75 bits per heavy atom. The van der Waals surface area contributed by atoms with Crippen LogP contribution in [0.2, 0.25) is 0 Å². The first-order valence-corrected chi connectivity index (χ1v) is 10.2. The Labute approximate surface area is 157 Å². The Kier molecular flexibility index (Phi) is 6.77. The second kappa shape index (κ2) is 7.22. The molecule has 0 radical (unpaired) electrons. The molecule has 0 N–H and O–H groups in total. The molecule has 140 valence electrons. The smallest absolute Gasteiger partial charge is 0.248 e. The summed E-state index contributed by atoms with van der Waals surface area (Å²) >= 11 is 7.60. The van der Waals surface area contributed by atoms with Crippen molar-refractivity contribution in [2.24, 2.45) is 0 Å². The van der Waals surface area contributed by atoms with Gasteiger partial charge in [0, 0.05) is 10.2 Å². The first kappa shape index (κ1) is 22.5. The van der Waals surface area contributed by atoms with Gasteiger partial charge in [0.1, 0.15) is 10.8 Å². The maximum absolute atomic E-state index is 13.7. The molecule has 1 rings (SSSR count). The molecule has 0 aromatic rings. The Bertz CT molecular complexity index is 588. The normalized spacial score (nSPS) is 25.8. The van der Waals surface area contributed by atoms with Gasteiger partial charge in [-0.1, -0.05) is 38.8 Å². The van der Waals surface area contributed by atoms with Gasteiger partial charge in [-0.15, -0.1) is 0 Å². The summed E-state index contributed by atoms with van der Waals surface area (Å²) in [6.07, 6.45) is -2.70. The quantitative estimate of drug-likeness (QED) is 0.323. The Morgan fingerprint density at radius 1 is 1.25 bits per heavy atom. The third kappa shape index (κ3) is 4.06. The van der Waals surface area contributed by atoms with Crippen LogP contribution in [0, 0.1) is 0 Å². The largest absolute Gasteiger partial charge is 0.461 e. The predicted octanol–water partition coefficient (Wildman–Crippen LogP) is 5.98. The van der Waals surface area contributed by atoms with Crippen LogP contribution in [-0.4, -0.2) is 37.4 Å². The minimum atomic E-state index is -6.53. The molecular weight excluding hydrogens is 517 g/mol. The molecule has 1 aliphatic carbocycles. The number of alkyl halides is 8. The lowest BCUT2D eigenvalue weighted by molar-refractivity contribution is -0.331. The number of rotatable bonds is 5. The maximum atomic E-state index is 13.7. The molecule has 1 aliphatic rings. The van der Waals surface area contributed by atoms with Gasteiger partial charge in [0.25, 0.3) is 0 Å². The fraction of sp³-hybridized carbons (Fsp3) is 0.667. The van der Waals surface area contributed by atoms with Crippen LogP contribution in [0.4, 0.5) is 30.7 Å². The van der Waals surface area contributed by atoms with E-state index in [1.165, 1.54) is 11.8 Å². The lowest BCUT2D eigenvalue weighted by Gasteiger charge is -2.34. The Balaban J connectivity index is 3.36. The van der Waals surface area contributed by atoms with Crippen LogP contribution < -0.4 is 0 Å². The zero-order valence-electron chi connectivity index (χ0n) is 12.1. The van der Waals surface area contributed by atoms with Crippen LogP contribution in [0.15, 0.2) is 21.5 Å². The van der Waals surface area contributed by atoms with E-state index in [1.807, 2.05) is 0 Å². The lowest BCUT2D eigenvalue weighted by Crippen LogP contribution is -2.54. The van der Waals surface area contributed by atoms with Crippen LogP contribution in [0.25, 0.3) is 0 Å². The average molecular weight is 528 g/mol. The molecule has 0 aliphatic heterocycles. The highest BCUT2D eigenvalue weighted by Crippen LogP contribution is 2.51. The van der Waals surface area contributed by atoms with E-state index < -0.39 is 37.4 Å². The second-order valence-corrected chi connectivity index (χ2v) is 10.2. The minimum absolute atomic E-state index is 0.233. The first-order chi connectivity index (χ1) is 10.6. The van der Waals surface area contributed by atoms with Gasteiger partial charge in [0.2, 0.25) is 0 Å². The standard InChI is InChI=1S/C12H11Br2F7OS2/c1-6(23-2)9(14)4-7(13)3-8(5-9)24(22)12(20,21)10(15,16)11(17,18)19/h3,5-6H,4H2,1-2H3. The monoisotopic (exact) mass is 526 g/mol. The summed E-state index contributed by atoms with van der Waals surface area (Å²) in [4.78, 5) is -0.806.